The Morgan fingerprint density at radius 1 is 1.20 bits per heavy atom. The van der Waals surface area contributed by atoms with Crippen molar-refractivity contribution in [1.82, 2.24) is 14.8 Å². The van der Waals surface area contributed by atoms with Crippen molar-refractivity contribution in [2.75, 3.05) is 5.32 Å². The Kier molecular flexibility index (Phi) is 5.96. The van der Waals surface area contributed by atoms with Crippen molar-refractivity contribution in [1.29, 1.82) is 0 Å². The molecule has 1 aromatic carbocycles. The predicted molar refractivity (Wildman–Crippen MR) is 122 cm³/mol. The van der Waals surface area contributed by atoms with Gasteiger partial charge in [0.05, 0.1) is 16.8 Å². The minimum Gasteiger partial charge on any atom is -0.488 e. The van der Waals surface area contributed by atoms with Gasteiger partial charge in [-0.15, -0.1) is 22.7 Å². The average Bonchev–Trinajstić information content (AvgIpc) is 3.48. The maximum Gasteiger partial charge on any atom is 0.267 e. The first-order valence-electron chi connectivity index (χ1n) is 9.59. The summed E-state index contributed by atoms with van der Waals surface area (Å²) in [5, 5.41) is 11.6. The van der Waals surface area contributed by atoms with Crippen molar-refractivity contribution in [3.05, 3.63) is 69.0 Å². The molecule has 0 spiro atoms. The van der Waals surface area contributed by atoms with Crippen LogP contribution in [0.4, 0.5) is 5.13 Å². The van der Waals surface area contributed by atoms with Crippen molar-refractivity contribution >= 4 is 33.7 Å². The lowest BCUT2D eigenvalue weighted by molar-refractivity contribution is 0.103. The van der Waals surface area contributed by atoms with E-state index in [0.29, 0.717) is 16.6 Å². The Morgan fingerprint density at radius 3 is 2.73 bits per heavy atom. The first kappa shape index (κ1) is 20.3. The highest BCUT2D eigenvalue weighted by atomic mass is 32.1. The second kappa shape index (κ2) is 8.81. The predicted octanol–water partition coefficient (Wildman–Crippen LogP) is 5.54. The smallest absolute Gasteiger partial charge is 0.267 e. The van der Waals surface area contributed by atoms with Crippen LogP contribution in [0, 0.1) is 13.8 Å². The molecular formula is C22H22N4O2S2. The number of nitrogens with one attached hydrogen (secondary N) is 1. The highest BCUT2D eigenvalue weighted by molar-refractivity contribution is 7.14. The zero-order valence-corrected chi connectivity index (χ0v) is 18.6. The molecule has 0 atom stereocenters. The number of anilines is 1. The molecule has 0 aliphatic heterocycles. The van der Waals surface area contributed by atoms with E-state index in [2.05, 4.69) is 15.4 Å². The molecule has 6 nitrogen and oxygen atoms in total. The van der Waals surface area contributed by atoms with Crippen molar-refractivity contribution in [3.8, 4) is 17.0 Å². The molecule has 154 valence electrons. The number of hydrogen-bond donors (Lipinski definition) is 1. The molecule has 30 heavy (non-hydrogen) atoms. The van der Waals surface area contributed by atoms with Crippen LogP contribution < -0.4 is 10.1 Å². The molecule has 4 aromatic rings. The molecule has 8 heteroatoms. The van der Waals surface area contributed by atoms with E-state index in [0.717, 1.165) is 40.2 Å². The van der Waals surface area contributed by atoms with Gasteiger partial charge in [-0.05, 0) is 43.3 Å². The van der Waals surface area contributed by atoms with Crippen LogP contribution in [0.3, 0.4) is 0 Å². The van der Waals surface area contributed by atoms with Gasteiger partial charge < -0.3 is 4.74 Å². The van der Waals surface area contributed by atoms with Crippen molar-refractivity contribution in [3.63, 3.8) is 0 Å². The van der Waals surface area contributed by atoms with Crippen molar-refractivity contribution in [2.45, 2.75) is 33.9 Å². The molecule has 0 fully saturated rings. The number of nitrogens with zero attached hydrogens (tertiary/aromatic N) is 3. The molecule has 4 rings (SSSR count). The van der Waals surface area contributed by atoms with E-state index in [9.17, 15) is 4.79 Å². The van der Waals surface area contributed by atoms with Crippen LogP contribution in [-0.2, 0) is 13.2 Å². The van der Waals surface area contributed by atoms with E-state index in [4.69, 9.17) is 4.74 Å². The maximum absolute atomic E-state index is 12.6. The molecule has 0 aliphatic carbocycles. The highest BCUT2D eigenvalue weighted by Crippen LogP contribution is 2.27. The van der Waals surface area contributed by atoms with Crippen LogP contribution in [0.2, 0.25) is 0 Å². The molecule has 0 saturated carbocycles. The van der Waals surface area contributed by atoms with Gasteiger partial charge in [-0.25, -0.2) is 4.98 Å². The molecule has 0 bridgehead atoms. The van der Waals surface area contributed by atoms with Crippen molar-refractivity contribution in [2.24, 2.45) is 0 Å². The zero-order valence-electron chi connectivity index (χ0n) is 17.0. The van der Waals surface area contributed by atoms with Gasteiger partial charge in [0.15, 0.2) is 5.13 Å². The number of carbonyl (C=O) groups is 1. The Hall–Kier alpha value is -2.97. The van der Waals surface area contributed by atoms with Gasteiger partial charge in [-0.1, -0.05) is 18.2 Å². The Balaban J connectivity index is 1.38. The number of ether oxygens (including phenoxy) is 1. The molecule has 0 aliphatic rings. The topological polar surface area (TPSA) is 69.0 Å². The van der Waals surface area contributed by atoms with E-state index >= 15 is 0 Å². The number of carbonyl (C=O) groups excluding carboxylic acids is 1. The summed E-state index contributed by atoms with van der Waals surface area (Å²) in [6.07, 6.45) is 3.73. The molecule has 3 aromatic heterocycles. The number of thiazole rings is 1. The van der Waals surface area contributed by atoms with Gasteiger partial charge in [0.2, 0.25) is 0 Å². The number of aryl methyl sites for hydroxylation is 3. The number of rotatable bonds is 7. The number of benzene rings is 1. The zero-order chi connectivity index (χ0) is 21.1. The number of para-hydroxylation sites is 1. The van der Waals surface area contributed by atoms with Crippen LogP contribution >= 0.6 is 22.7 Å². The number of hydrogen-bond acceptors (Lipinski definition) is 6. The van der Waals surface area contributed by atoms with E-state index in [1.165, 1.54) is 22.7 Å². The lowest BCUT2D eigenvalue weighted by Crippen LogP contribution is -2.09. The third-order valence-corrected chi connectivity index (χ3v) is 6.38. The number of thiophene rings is 1. The summed E-state index contributed by atoms with van der Waals surface area (Å²) in [5.74, 6) is 0.736. The molecule has 1 N–H and O–H groups in total. The van der Waals surface area contributed by atoms with Crippen LogP contribution in [0.5, 0.6) is 5.75 Å². The second-order valence-electron chi connectivity index (χ2n) is 6.91. The summed E-state index contributed by atoms with van der Waals surface area (Å²) in [5.41, 5.74) is 4.93. The normalized spacial score (nSPS) is 10.9. The molecule has 0 radical (unpaired) electrons. The van der Waals surface area contributed by atoms with E-state index < -0.39 is 0 Å². The van der Waals surface area contributed by atoms with Crippen LogP contribution in [0.1, 0.15) is 33.3 Å². The third kappa shape index (κ3) is 4.44. The summed E-state index contributed by atoms with van der Waals surface area (Å²) >= 11 is 2.80. The first-order chi connectivity index (χ1) is 14.5. The Bertz CT molecular complexity index is 1160. The summed E-state index contributed by atoms with van der Waals surface area (Å²) in [6, 6.07) is 7.95. The molecule has 0 saturated heterocycles. The first-order valence-corrected chi connectivity index (χ1v) is 11.4. The lowest BCUT2D eigenvalue weighted by atomic mass is 10.1. The van der Waals surface area contributed by atoms with E-state index in [1.54, 1.807) is 6.20 Å². The SMILES string of the molecule is CCn1cc(-c2csc(NC(=O)c3cc(COc4c(C)cccc4C)cs3)n2)cn1. The van der Waals surface area contributed by atoms with E-state index in [1.807, 2.05) is 66.7 Å². The number of aromatic nitrogens is 3. The molecular weight excluding hydrogens is 416 g/mol. The van der Waals surface area contributed by atoms with Gasteiger partial charge in [-0.2, -0.15) is 5.10 Å². The molecule has 0 unspecified atom stereocenters. The Morgan fingerprint density at radius 2 is 2.00 bits per heavy atom. The van der Waals surface area contributed by atoms with Gasteiger partial charge in [-0.3, -0.25) is 14.8 Å². The highest BCUT2D eigenvalue weighted by Gasteiger charge is 2.14. The summed E-state index contributed by atoms with van der Waals surface area (Å²) < 4.78 is 7.83. The lowest BCUT2D eigenvalue weighted by Gasteiger charge is -2.10. The summed E-state index contributed by atoms with van der Waals surface area (Å²) in [6.45, 7) is 7.33. The van der Waals surface area contributed by atoms with Gasteiger partial charge >= 0.3 is 0 Å². The largest absolute Gasteiger partial charge is 0.488 e. The van der Waals surface area contributed by atoms with Crippen molar-refractivity contribution < 1.29 is 9.53 Å². The van der Waals surface area contributed by atoms with Gasteiger partial charge in [0.25, 0.3) is 5.91 Å². The average molecular weight is 439 g/mol. The van der Waals surface area contributed by atoms with Crippen LogP contribution in [-0.4, -0.2) is 20.7 Å². The summed E-state index contributed by atoms with van der Waals surface area (Å²) in [7, 11) is 0. The summed E-state index contributed by atoms with van der Waals surface area (Å²) in [4.78, 5) is 17.8. The number of amides is 1. The van der Waals surface area contributed by atoms with Crippen LogP contribution in [0.15, 0.2) is 47.4 Å². The van der Waals surface area contributed by atoms with Gasteiger partial charge in [0, 0.05) is 29.2 Å². The minimum absolute atomic E-state index is 0.163. The monoisotopic (exact) mass is 438 g/mol. The van der Waals surface area contributed by atoms with E-state index in [-0.39, 0.29) is 5.91 Å². The fraction of sp³-hybridized carbons (Fsp3) is 0.227. The molecule has 3 heterocycles. The standard InChI is InChI=1S/C22H22N4O2S2/c1-4-26-10-17(9-23-26)18-13-30-22(24-18)25-21(27)19-8-16(12-29-19)11-28-20-14(2)6-5-7-15(20)3/h5-10,12-13H,4,11H2,1-3H3,(H,24,25,27). The maximum atomic E-state index is 12.6. The Labute approximate surface area is 183 Å². The fourth-order valence-electron chi connectivity index (χ4n) is 3.04. The quantitative estimate of drug-likeness (QED) is 0.411. The minimum atomic E-state index is -0.163. The fourth-order valence-corrected chi connectivity index (χ4v) is 4.55. The third-order valence-electron chi connectivity index (χ3n) is 4.65. The molecule has 1 amide bonds. The van der Waals surface area contributed by atoms with Gasteiger partial charge in [0.1, 0.15) is 12.4 Å². The van der Waals surface area contributed by atoms with Crippen LogP contribution in [0.25, 0.3) is 11.3 Å². The second-order valence-corrected chi connectivity index (χ2v) is 8.67.